The molecule has 0 spiro atoms. The Morgan fingerprint density at radius 2 is 2.35 bits per heavy atom. The molecular formula is C11H13N3O3. The summed E-state index contributed by atoms with van der Waals surface area (Å²) in [6.45, 7) is 1.64. The number of nitro groups is 1. The average molecular weight is 235 g/mol. The van der Waals surface area contributed by atoms with Crippen molar-refractivity contribution in [2.75, 3.05) is 13.1 Å². The minimum absolute atomic E-state index is 0.0674. The maximum atomic E-state index is 11.8. The molecule has 1 fully saturated rings. The number of hydrogen-bond acceptors (Lipinski definition) is 4. The van der Waals surface area contributed by atoms with Gasteiger partial charge in [0, 0.05) is 30.3 Å². The van der Waals surface area contributed by atoms with Crippen LogP contribution in [0.3, 0.4) is 0 Å². The first-order chi connectivity index (χ1) is 8.16. The van der Waals surface area contributed by atoms with Gasteiger partial charge in [0.15, 0.2) is 0 Å². The molecule has 0 radical (unpaired) electrons. The van der Waals surface area contributed by atoms with Crippen molar-refractivity contribution in [1.82, 2.24) is 10.6 Å². The van der Waals surface area contributed by atoms with E-state index in [0.29, 0.717) is 5.56 Å². The first-order valence-electron chi connectivity index (χ1n) is 5.43. The highest BCUT2D eigenvalue weighted by Gasteiger charge is 2.18. The summed E-state index contributed by atoms with van der Waals surface area (Å²) < 4.78 is 0. The van der Waals surface area contributed by atoms with Crippen LogP contribution in [0.15, 0.2) is 24.3 Å². The van der Waals surface area contributed by atoms with E-state index in [4.69, 9.17) is 0 Å². The lowest BCUT2D eigenvalue weighted by atomic mass is 10.1. The van der Waals surface area contributed by atoms with Gasteiger partial charge in [-0.3, -0.25) is 14.9 Å². The lowest BCUT2D eigenvalue weighted by Gasteiger charge is -2.10. The Balaban J connectivity index is 2.07. The van der Waals surface area contributed by atoms with Gasteiger partial charge in [0.05, 0.1) is 4.92 Å². The van der Waals surface area contributed by atoms with Crippen LogP contribution >= 0.6 is 0 Å². The van der Waals surface area contributed by atoms with Gasteiger partial charge in [-0.25, -0.2) is 0 Å². The third-order valence-corrected chi connectivity index (χ3v) is 2.71. The van der Waals surface area contributed by atoms with E-state index in [2.05, 4.69) is 10.6 Å². The largest absolute Gasteiger partial charge is 0.348 e. The molecule has 90 valence electrons. The number of amides is 1. The van der Waals surface area contributed by atoms with Gasteiger partial charge in [0.25, 0.3) is 11.6 Å². The van der Waals surface area contributed by atoms with Crippen LogP contribution < -0.4 is 10.6 Å². The summed E-state index contributed by atoms with van der Waals surface area (Å²) in [5.41, 5.74) is 0.258. The minimum Gasteiger partial charge on any atom is -0.348 e. The van der Waals surface area contributed by atoms with Crippen molar-refractivity contribution in [3.8, 4) is 0 Å². The fourth-order valence-electron chi connectivity index (χ4n) is 1.81. The number of nitrogens with zero attached hydrogens (tertiary/aromatic N) is 1. The zero-order valence-electron chi connectivity index (χ0n) is 9.18. The smallest absolute Gasteiger partial charge is 0.270 e. The molecule has 1 heterocycles. The van der Waals surface area contributed by atoms with Crippen LogP contribution in [-0.4, -0.2) is 30.0 Å². The predicted molar refractivity (Wildman–Crippen MR) is 61.8 cm³/mol. The number of rotatable bonds is 3. The quantitative estimate of drug-likeness (QED) is 0.596. The number of carbonyl (C=O) groups is 1. The Hall–Kier alpha value is -1.95. The summed E-state index contributed by atoms with van der Waals surface area (Å²) in [5.74, 6) is -0.262. The third kappa shape index (κ3) is 2.79. The van der Waals surface area contributed by atoms with Crippen LogP contribution in [0.1, 0.15) is 16.8 Å². The van der Waals surface area contributed by atoms with Crippen molar-refractivity contribution in [1.29, 1.82) is 0 Å². The molecule has 1 saturated heterocycles. The Kier molecular flexibility index (Phi) is 3.34. The number of hydrogen-bond donors (Lipinski definition) is 2. The molecule has 2 rings (SSSR count). The van der Waals surface area contributed by atoms with Crippen LogP contribution in [0.2, 0.25) is 0 Å². The summed E-state index contributed by atoms with van der Waals surface area (Å²) in [6.07, 6.45) is 0.890. The third-order valence-electron chi connectivity index (χ3n) is 2.71. The summed E-state index contributed by atoms with van der Waals surface area (Å²) in [6, 6.07) is 5.86. The van der Waals surface area contributed by atoms with E-state index in [1.807, 2.05) is 0 Å². The Morgan fingerprint density at radius 1 is 1.53 bits per heavy atom. The Labute approximate surface area is 98.2 Å². The highest BCUT2D eigenvalue weighted by molar-refractivity contribution is 5.95. The van der Waals surface area contributed by atoms with Crippen molar-refractivity contribution in [2.24, 2.45) is 0 Å². The van der Waals surface area contributed by atoms with E-state index in [0.717, 1.165) is 19.5 Å². The van der Waals surface area contributed by atoms with E-state index in [1.165, 1.54) is 18.2 Å². The second-order valence-electron chi connectivity index (χ2n) is 3.97. The molecule has 0 saturated carbocycles. The molecule has 0 aromatic heterocycles. The van der Waals surface area contributed by atoms with Crippen molar-refractivity contribution < 1.29 is 9.72 Å². The van der Waals surface area contributed by atoms with Gasteiger partial charge >= 0.3 is 0 Å². The molecule has 1 aliphatic rings. The van der Waals surface area contributed by atoms with E-state index >= 15 is 0 Å². The van der Waals surface area contributed by atoms with E-state index in [9.17, 15) is 14.9 Å². The summed E-state index contributed by atoms with van der Waals surface area (Å²) >= 11 is 0. The first-order valence-corrected chi connectivity index (χ1v) is 5.43. The van der Waals surface area contributed by atoms with E-state index in [1.54, 1.807) is 6.07 Å². The lowest BCUT2D eigenvalue weighted by molar-refractivity contribution is -0.384. The van der Waals surface area contributed by atoms with E-state index in [-0.39, 0.29) is 17.6 Å². The molecule has 0 bridgehead atoms. The molecule has 1 aromatic carbocycles. The highest BCUT2D eigenvalue weighted by atomic mass is 16.6. The molecular weight excluding hydrogens is 222 g/mol. The molecule has 1 atom stereocenters. The second kappa shape index (κ2) is 4.92. The van der Waals surface area contributed by atoms with Crippen LogP contribution in [0, 0.1) is 10.1 Å². The number of nitrogens with one attached hydrogen (secondary N) is 2. The van der Waals surface area contributed by atoms with Crippen molar-refractivity contribution in [3.05, 3.63) is 39.9 Å². The van der Waals surface area contributed by atoms with Gasteiger partial charge in [-0.1, -0.05) is 6.07 Å². The highest BCUT2D eigenvalue weighted by Crippen LogP contribution is 2.13. The molecule has 0 aliphatic carbocycles. The molecule has 1 aliphatic heterocycles. The standard InChI is InChI=1S/C11H13N3O3/c15-11(13-9-4-5-12-7-9)8-2-1-3-10(6-8)14(16)17/h1-3,6,9,12H,4-5,7H2,(H,13,15)/t9-/m0/s1. The zero-order valence-corrected chi connectivity index (χ0v) is 9.18. The predicted octanol–water partition coefficient (Wildman–Crippen LogP) is 0.686. The van der Waals surface area contributed by atoms with Crippen molar-refractivity contribution in [2.45, 2.75) is 12.5 Å². The SMILES string of the molecule is O=C(N[C@H]1CCNC1)c1cccc([N+](=O)[O-])c1. The van der Waals surface area contributed by atoms with Gasteiger partial charge in [-0.05, 0) is 19.0 Å². The topological polar surface area (TPSA) is 84.3 Å². The Bertz CT molecular complexity index is 441. The zero-order chi connectivity index (χ0) is 12.3. The first kappa shape index (κ1) is 11.5. The molecule has 0 unspecified atom stereocenters. The monoisotopic (exact) mass is 235 g/mol. The van der Waals surface area contributed by atoms with Gasteiger partial charge in [0.1, 0.15) is 0 Å². The molecule has 1 aromatic rings. The van der Waals surface area contributed by atoms with Gasteiger partial charge in [-0.15, -0.1) is 0 Å². The molecule has 17 heavy (non-hydrogen) atoms. The fourth-order valence-corrected chi connectivity index (χ4v) is 1.81. The second-order valence-corrected chi connectivity index (χ2v) is 3.97. The summed E-state index contributed by atoms with van der Waals surface area (Å²) in [7, 11) is 0. The van der Waals surface area contributed by atoms with Gasteiger partial charge < -0.3 is 10.6 Å². The summed E-state index contributed by atoms with van der Waals surface area (Å²) in [4.78, 5) is 21.9. The maximum Gasteiger partial charge on any atom is 0.270 e. The minimum atomic E-state index is -0.506. The van der Waals surface area contributed by atoms with Crippen LogP contribution in [0.5, 0.6) is 0 Å². The van der Waals surface area contributed by atoms with E-state index < -0.39 is 4.92 Å². The fraction of sp³-hybridized carbons (Fsp3) is 0.364. The number of non-ortho nitro benzene ring substituents is 1. The van der Waals surface area contributed by atoms with Crippen molar-refractivity contribution >= 4 is 11.6 Å². The number of nitro benzene ring substituents is 1. The van der Waals surface area contributed by atoms with Gasteiger partial charge in [-0.2, -0.15) is 0 Å². The average Bonchev–Trinajstić information content (AvgIpc) is 2.82. The molecule has 1 amide bonds. The molecule has 6 nitrogen and oxygen atoms in total. The number of carbonyl (C=O) groups excluding carboxylic acids is 1. The van der Waals surface area contributed by atoms with Crippen LogP contribution in [-0.2, 0) is 0 Å². The number of benzene rings is 1. The molecule has 2 N–H and O–H groups in total. The maximum absolute atomic E-state index is 11.8. The van der Waals surface area contributed by atoms with Gasteiger partial charge in [0.2, 0.25) is 0 Å². The Morgan fingerprint density at radius 3 is 3.00 bits per heavy atom. The van der Waals surface area contributed by atoms with Crippen molar-refractivity contribution in [3.63, 3.8) is 0 Å². The molecule has 6 heteroatoms. The summed E-state index contributed by atoms with van der Waals surface area (Å²) in [5, 5.41) is 16.6. The normalized spacial score (nSPS) is 18.9. The lowest BCUT2D eigenvalue weighted by Crippen LogP contribution is -2.36. The van der Waals surface area contributed by atoms with Crippen LogP contribution in [0.4, 0.5) is 5.69 Å². The van der Waals surface area contributed by atoms with Crippen LogP contribution in [0.25, 0.3) is 0 Å².